The minimum Gasteiger partial charge on any atom is -0.497 e. The lowest BCUT2D eigenvalue weighted by Crippen LogP contribution is -2.11. The second-order valence-corrected chi connectivity index (χ2v) is 4.38. The summed E-state index contributed by atoms with van der Waals surface area (Å²) in [6.07, 6.45) is 0. The summed E-state index contributed by atoms with van der Waals surface area (Å²) >= 11 is 1.37. The average molecular weight is 264 g/mol. The van der Waals surface area contributed by atoms with Crippen molar-refractivity contribution in [2.45, 2.75) is 0 Å². The predicted octanol–water partition coefficient (Wildman–Crippen LogP) is 2.32. The van der Waals surface area contributed by atoms with Gasteiger partial charge >= 0.3 is 5.97 Å². The van der Waals surface area contributed by atoms with Crippen LogP contribution in [0.1, 0.15) is 0 Å². The van der Waals surface area contributed by atoms with Crippen LogP contribution >= 0.6 is 11.3 Å². The van der Waals surface area contributed by atoms with Gasteiger partial charge in [-0.2, -0.15) is 0 Å². The summed E-state index contributed by atoms with van der Waals surface area (Å²) in [6, 6.07) is 7.56. The van der Waals surface area contributed by atoms with Crippen molar-refractivity contribution < 1.29 is 14.6 Å². The van der Waals surface area contributed by atoms with Crippen molar-refractivity contribution >= 4 is 22.4 Å². The molecule has 0 spiro atoms. The quantitative estimate of drug-likeness (QED) is 0.867. The maximum atomic E-state index is 10.4. The smallest absolute Gasteiger partial charge is 0.322 e. The van der Waals surface area contributed by atoms with Crippen LogP contribution in [0.15, 0.2) is 29.6 Å². The molecule has 0 aliphatic rings. The van der Waals surface area contributed by atoms with Crippen molar-refractivity contribution in [1.29, 1.82) is 0 Å². The molecule has 5 nitrogen and oxygen atoms in total. The van der Waals surface area contributed by atoms with Crippen LogP contribution in [0.3, 0.4) is 0 Å². The molecule has 0 fully saturated rings. The van der Waals surface area contributed by atoms with E-state index in [-0.39, 0.29) is 6.54 Å². The zero-order chi connectivity index (χ0) is 13.0. The van der Waals surface area contributed by atoms with Crippen molar-refractivity contribution in [2.75, 3.05) is 19.0 Å². The highest BCUT2D eigenvalue weighted by Gasteiger charge is 2.06. The van der Waals surface area contributed by atoms with Crippen LogP contribution in [0.5, 0.6) is 5.75 Å². The molecule has 6 heteroatoms. The third-order valence-electron chi connectivity index (χ3n) is 2.26. The number of hydrogen-bond donors (Lipinski definition) is 2. The van der Waals surface area contributed by atoms with Gasteiger partial charge < -0.3 is 15.2 Å². The van der Waals surface area contributed by atoms with E-state index in [1.165, 1.54) is 11.3 Å². The van der Waals surface area contributed by atoms with Gasteiger partial charge in [-0.1, -0.05) is 12.1 Å². The number of thiazole rings is 1. The van der Waals surface area contributed by atoms with Gasteiger partial charge in [0.2, 0.25) is 0 Å². The highest BCUT2D eigenvalue weighted by Crippen LogP contribution is 2.27. The van der Waals surface area contributed by atoms with E-state index in [1.54, 1.807) is 7.11 Å². The molecule has 2 N–H and O–H groups in total. The lowest BCUT2D eigenvalue weighted by molar-refractivity contribution is -0.134. The van der Waals surface area contributed by atoms with E-state index in [9.17, 15) is 4.79 Å². The van der Waals surface area contributed by atoms with E-state index in [4.69, 9.17) is 9.84 Å². The largest absolute Gasteiger partial charge is 0.497 e. The highest BCUT2D eigenvalue weighted by atomic mass is 32.1. The molecule has 0 saturated heterocycles. The van der Waals surface area contributed by atoms with Crippen LogP contribution in [0, 0.1) is 0 Å². The first kappa shape index (κ1) is 12.4. The minimum atomic E-state index is -0.909. The molecule has 0 aliphatic heterocycles. The Labute approximate surface area is 108 Å². The number of aliphatic carboxylic acids is 1. The fraction of sp³-hybridized carbons (Fsp3) is 0.167. The van der Waals surface area contributed by atoms with Crippen molar-refractivity contribution in [1.82, 2.24) is 4.98 Å². The number of aromatic nitrogens is 1. The Morgan fingerprint density at radius 2 is 2.39 bits per heavy atom. The highest BCUT2D eigenvalue weighted by molar-refractivity contribution is 7.14. The van der Waals surface area contributed by atoms with Gasteiger partial charge in [0, 0.05) is 10.9 Å². The molecular formula is C12H12N2O3S. The summed E-state index contributed by atoms with van der Waals surface area (Å²) in [5.41, 5.74) is 1.74. The van der Waals surface area contributed by atoms with E-state index >= 15 is 0 Å². The molecule has 1 aromatic heterocycles. The van der Waals surface area contributed by atoms with Gasteiger partial charge in [-0.15, -0.1) is 11.3 Å². The zero-order valence-electron chi connectivity index (χ0n) is 9.71. The molecule has 0 bridgehead atoms. The van der Waals surface area contributed by atoms with Crippen molar-refractivity contribution in [3.63, 3.8) is 0 Å². The number of methoxy groups -OCH3 is 1. The Kier molecular flexibility index (Phi) is 3.78. The monoisotopic (exact) mass is 264 g/mol. The van der Waals surface area contributed by atoms with Crippen LogP contribution in [-0.2, 0) is 4.79 Å². The Morgan fingerprint density at radius 3 is 3.11 bits per heavy atom. The van der Waals surface area contributed by atoms with Crippen LogP contribution in [0.25, 0.3) is 11.3 Å². The first-order valence-corrected chi connectivity index (χ1v) is 6.12. The Bertz CT molecular complexity index is 554. The lowest BCUT2D eigenvalue weighted by Gasteiger charge is -2.01. The molecule has 1 aromatic carbocycles. The molecule has 0 aliphatic carbocycles. The van der Waals surface area contributed by atoms with E-state index in [2.05, 4.69) is 10.3 Å². The molecule has 0 radical (unpaired) electrons. The Balaban J connectivity index is 2.15. The summed E-state index contributed by atoms with van der Waals surface area (Å²) in [7, 11) is 1.61. The summed E-state index contributed by atoms with van der Waals surface area (Å²) in [6.45, 7) is -0.134. The van der Waals surface area contributed by atoms with Gasteiger partial charge in [0.05, 0.1) is 12.8 Å². The Hall–Kier alpha value is -2.08. The van der Waals surface area contributed by atoms with Gasteiger partial charge in [-0.3, -0.25) is 4.79 Å². The fourth-order valence-corrected chi connectivity index (χ4v) is 2.14. The van der Waals surface area contributed by atoms with E-state index in [1.807, 2.05) is 29.6 Å². The number of carboxylic acids is 1. The number of ether oxygens (including phenoxy) is 1. The zero-order valence-corrected chi connectivity index (χ0v) is 10.5. The number of carboxylic acid groups (broad SMARTS) is 1. The van der Waals surface area contributed by atoms with Gasteiger partial charge in [0.15, 0.2) is 5.13 Å². The molecule has 0 atom stereocenters. The average Bonchev–Trinajstić information content (AvgIpc) is 2.85. The van der Waals surface area contributed by atoms with Crippen molar-refractivity contribution in [3.05, 3.63) is 29.6 Å². The number of nitrogens with zero attached hydrogens (tertiary/aromatic N) is 1. The normalized spacial score (nSPS) is 10.1. The van der Waals surface area contributed by atoms with Crippen molar-refractivity contribution in [3.8, 4) is 17.0 Å². The molecule has 2 rings (SSSR count). The number of rotatable bonds is 5. The number of anilines is 1. The summed E-state index contributed by atoms with van der Waals surface area (Å²) in [5.74, 6) is -0.145. The maximum Gasteiger partial charge on any atom is 0.322 e. The van der Waals surface area contributed by atoms with Gasteiger partial charge in [-0.25, -0.2) is 4.98 Å². The Morgan fingerprint density at radius 1 is 1.56 bits per heavy atom. The maximum absolute atomic E-state index is 10.4. The number of benzene rings is 1. The molecule has 94 valence electrons. The standard InChI is InChI=1S/C12H12N2O3S/c1-17-9-4-2-3-8(5-9)10-7-18-12(14-10)13-6-11(15)16/h2-5,7H,6H2,1H3,(H,13,14)(H,15,16). The minimum absolute atomic E-state index is 0.134. The predicted molar refractivity (Wildman–Crippen MR) is 70.2 cm³/mol. The van der Waals surface area contributed by atoms with Crippen molar-refractivity contribution in [2.24, 2.45) is 0 Å². The van der Waals surface area contributed by atoms with E-state index in [0.717, 1.165) is 17.0 Å². The molecule has 1 heterocycles. The molecule has 2 aromatic rings. The molecule has 0 saturated carbocycles. The molecule has 0 unspecified atom stereocenters. The van der Waals surface area contributed by atoms with E-state index < -0.39 is 5.97 Å². The van der Waals surface area contributed by atoms with Gasteiger partial charge in [0.25, 0.3) is 0 Å². The number of hydrogen-bond acceptors (Lipinski definition) is 5. The van der Waals surface area contributed by atoms with Crippen LogP contribution in [0.2, 0.25) is 0 Å². The number of carbonyl (C=O) groups is 1. The third-order valence-corrected chi connectivity index (χ3v) is 3.06. The van der Waals surface area contributed by atoms with Gasteiger partial charge in [0.1, 0.15) is 12.3 Å². The van der Waals surface area contributed by atoms with Crippen LogP contribution in [-0.4, -0.2) is 29.7 Å². The number of nitrogens with one attached hydrogen (secondary N) is 1. The summed E-state index contributed by atoms with van der Waals surface area (Å²) in [5, 5.41) is 13.8. The second kappa shape index (κ2) is 5.50. The third kappa shape index (κ3) is 2.98. The molecular weight excluding hydrogens is 252 g/mol. The SMILES string of the molecule is COc1cccc(-c2csc(NCC(=O)O)n2)c1. The topological polar surface area (TPSA) is 71.5 Å². The first-order valence-electron chi connectivity index (χ1n) is 5.24. The molecule has 18 heavy (non-hydrogen) atoms. The summed E-state index contributed by atoms with van der Waals surface area (Å²) < 4.78 is 5.14. The van der Waals surface area contributed by atoms with Crippen LogP contribution in [0.4, 0.5) is 5.13 Å². The van der Waals surface area contributed by atoms with Crippen LogP contribution < -0.4 is 10.1 Å². The first-order chi connectivity index (χ1) is 8.69. The second-order valence-electron chi connectivity index (χ2n) is 3.52. The fourth-order valence-electron chi connectivity index (χ4n) is 1.42. The van der Waals surface area contributed by atoms with Gasteiger partial charge in [-0.05, 0) is 12.1 Å². The summed E-state index contributed by atoms with van der Waals surface area (Å²) in [4.78, 5) is 14.7. The molecule has 0 amide bonds. The lowest BCUT2D eigenvalue weighted by atomic mass is 10.2. The van der Waals surface area contributed by atoms with E-state index in [0.29, 0.717) is 5.13 Å².